The number of nitrogens with zero attached hydrogens (tertiary/aromatic N) is 2. The van der Waals surface area contributed by atoms with Gasteiger partial charge < -0.3 is 5.32 Å². The highest BCUT2D eigenvalue weighted by Gasteiger charge is 2.24. The summed E-state index contributed by atoms with van der Waals surface area (Å²) in [5.74, 6) is -0.241. The molecule has 0 saturated carbocycles. The molecule has 0 unspecified atom stereocenters. The smallest absolute Gasteiger partial charge is 0.267 e. The van der Waals surface area contributed by atoms with Crippen LogP contribution in [-0.2, 0) is 22.6 Å². The topological polar surface area (TPSA) is 61.8 Å². The van der Waals surface area contributed by atoms with Gasteiger partial charge in [-0.2, -0.15) is 5.10 Å². The van der Waals surface area contributed by atoms with E-state index in [1.165, 1.54) is 20.7 Å². The van der Waals surface area contributed by atoms with E-state index in [9.17, 15) is 9.59 Å². The van der Waals surface area contributed by atoms with Crippen molar-refractivity contribution < 1.29 is 9.59 Å². The van der Waals surface area contributed by atoms with Crippen molar-refractivity contribution in [2.45, 2.75) is 25.8 Å². The van der Waals surface area contributed by atoms with Crippen LogP contribution in [0.4, 0.5) is 0 Å². The second-order valence-corrected chi connectivity index (χ2v) is 7.66. The van der Waals surface area contributed by atoms with Crippen LogP contribution in [0.1, 0.15) is 24.0 Å². The Morgan fingerprint density at radius 3 is 2.71 bits per heavy atom. The maximum absolute atomic E-state index is 12.5. The highest BCUT2D eigenvalue weighted by atomic mass is 32.1. The molecule has 0 bridgehead atoms. The standard InChI is InChI=1S/C22H21N3O2S/c26-21-11-10-19(24-25(21)14-16-6-2-1-3-7-16)22(27)23-13-12-17-15-28-20-9-5-4-8-18(17)20/h1-9,15H,10-14H2,(H,23,27). The van der Waals surface area contributed by atoms with Gasteiger partial charge in [0.2, 0.25) is 5.91 Å². The summed E-state index contributed by atoms with van der Waals surface area (Å²) >= 11 is 1.72. The molecule has 0 aliphatic carbocycles. The van der Waals surface area contributed by atoms with Crippen molar-refractivity contribution in [2.24, 2.45) is 5.10 Å². The molecule has 1 aliphatic heterocycles. The second kappa shape index (κ2) is 8.35. The number of hydrazone groups is 1. The average Bonchev–Trinajstić information content (AvgIpc) is 3.13. The molecule has 0 radical (unpaired) electrons. The fourth-order valence-corrected chi connectivity index (χ4v) is 4.28. The summed E-state index contributed by atoms with van der Waals surface area (Å²) in [6.45, 7) is 0.933. The highest BCUT2D eigenvalue weighted by molar-refractivity contribution is 7.17. The summed E-state index contributed by atoms with van der Waals surface area (Å²) in [4.78, 5) is 24.7. The zero-order chi connectivity index (χ0) is 19.3. The quantitative estimate of drug-likeness (QED) is 0.696. The van der Waals surface area contributed by atoms with Crippen LogP contribution in [0.2, 0.25) is 0 Å². The van der Waals surface area contributed by atoms with Crippen LogP contribution in [0.15, 0.2) is 65.1 Å². The summed E-state index contributed by atoms with van der Waals surface area (Å²) < 4.78 is 1.26. The molecule has 4 rings (SSSR count). The SMILES string of the molecule is O=C(NCCc1csc2ccccc12)C1=NN(Cc2ccccc2)C(=O)CC1. The van der Waals surface area contributed by atoms with Gasteiger partial charge in [-0.3, -0.25) is 9.59 Å². The maximum Gasteiger partial charge on any atom is 0.267 e. The van der Waals surface area contributed by atoms with Crippen molar-refractivity contribution in [1.29, 1.82) is 0 Å². The summed E-state index contributed by atoms with van der Waals surface area (Å²) in [6.07, 6.45) is 1.47. The van der Waals surface area contributed by atoms with Gasteiger partial charge >= 0.3 is 0 Å². The van der Waals surface area contributed by atoms with E-state index in [1.807, 2.05) is 42.5 Å². The van der Waals surface area contributed by atoms with Crippen molar-refractivity contribution in [3.63, 3.8) is 0 Å². The van der Waals surface area contributed by atoms with E-state index in [0.29, 0.717) is 31.6 Å². The van der Waals surface area contributed by atoms with Crippen LogP contribution in [0, 0.1) is 0 Å². The van der Waals surface area contributed by atoms with Gasteiger partial charge in [-0.25, -0.2) is 5.01 Å². The third-order valence-electron chi connectivity index (χ3n) is 4.78. The number of thiophene rings is 1. The van der Waals surface area contributed by atoms with Crippen LogP contribution >= 0.6 is 11.3 Å². The lowest BCUT2D eigenvalue weighted by Crippen LogP contribution is -2.39. The predicted octanol–water partition coefficient (Wildman–Crippen LogP) is 3.74. The first-order chi connectivity index (χ1) is 13.7. The van der Waals surface area contributed by atoms with E-state index in [1.54, 1.807) is 11.3 Å². The third kappa shape index (κ3) is 4.12. The van der Waals surface area contributed by atoms with Gasteiger partial charge in [-0.1, -0.05) is 48.5 Å². The minimum Gasteiger partial charge on any atom is -0.351 e. The molecule has 1 aliphatic rings. The number of fused-ring (bicyclic) bond motifs is 1. The molecular formula is C22H21N3O2S. The molecular weight excluding hydrogens is 370 g/mol. The monoisotopic (exact) mass is 391 g/mol. The van der Waals surface area contributed by atoms with Crippen LogP contribution < -0.4 is 5.32 Å². The molecule has 2 heterocycles. The molecule has 5 nitrogen and oxygen atoms in total. The molecule has 28 heavy (non-hydrogen) atoms. The normalized spacial score (nSPS) is 14.2. The van der Waals surface area contributed by atoms with Crippen LogP contribution in [0.25, 0.3) is 10.1 Å². The van der Waals surface area contributed by atoms with Crippen LogP contribution in [0.5, 0.6) is 0 Å². The summed E-state index contributed by atoms with van der Waals surface area (Å²) in [5.41, 5.74) is 2.66. The Morgan fingerprint density at radius 2 is 1.86 bits per heavy atom. The van der Waals surface area contributed by atoms with E-state index >= 15 is 0 Å². The number of amides is 2. The fourth-order valence-electron chi connectivity index (χ4n) is 3.28. The lowest BCUT2D eigenvalue weighted by atomic mass is 10.1. The van der Waals surface area contributed by atoms with E-state index < -0.39 is 0 Å². The first kappa shape index (κ1) is 18.4. The Hall–Kier alpha value is -2.99. The van der Waals surface area contributed by atoms with Gasteiger partial charge in [0, 0.05) is 24.1 Å². The molecule has 142 valence electrons. The Labute approximate surface area is 167 Å². The molecule has 0 atom stereocenters. The molecule has 0 fully saturated rings. The molecule has 0 spiro atoms. The minimum atomic E-state index is -0.190. The van der Waals surface area contributed by atoms with Gasteiger partial charge in [-0.05, 0) is 34.4 Å². The minimum absolute atomic E-state index is 0.0508. The molecule has 0 saturated heterocycles. The number of rotatable bonds is 6. The Morgan fingerprint density at radius 1 is 1.07 bits per heavy atom. The van der Waals surface area contributed by atoms with Gasteiger partial charge in [-0.15, -0.1) is 11.3 Å². The van der Waals surface area contributed by atoms with Gasteiger partial charge in [0.05, 0.1) is 6.54 Å². The maximum atomic E-state index is 12.5. The largest absolute Gasteiger partial charge is 0.351 e. The van der Waals surface area contributed by atoms with Crippen molar-refractivity contribution in [2.75, 3.05) is 6.54 Å². The van der Waals surface area contributed by atoms with Crippen molar-refractivity contribution >= 4 is 38.9 Å². The molecule has 2 amide bonds. The Bertz CT molecular complexity index is 1030. The van der Waals surface area contributed by atoms with Crippen LogP contribution in [-0.4, -0.2) is 29.1 Å². The lowest BCUT2D eigenvalue weighted by molar-refractivity contribution is -0.132. The number of carbonyl (C=O) groups excluding carboxylic acids is 2. The molecule has 1 N–H and O–H groups in total. The zero-order valence-corrected chi connectivity index (χ0v) is 16.2. The van der Waals surface area contributed by atoms with Crippen molar-refractivity contribution in [1.82, 2.24) is 10.3 Å². The van der Waals surface area contributed by atoms with E-state index in [4.69, 9.17) is 0 Å². The number of benzene rings is 2. The molecule has 3 aromatic rings. The van der Waals surface area contributed by atoms with Gasteiger partial charge in [0.25, 0.3) is 5.91 Å². The summed E-state index contributed by atoms with van der Waals surface area (Å²) in [6, 6.07) is 18.0. The highest BCUT2D eigenvalue weighted by Crippen LogP contribution is 2.25. The predicted molar refractivity (Wildman–Crippen MR) is 112 cm³/mol. The Kier molecular flexibility index (Phi) is 5.48. The summed E-state index contributed by atoms with van der Waals surface area (Å²) in [5, 5.41) is 12.1. The van der Waals surface area contributed by atoms with Gasteiger partial charge in [0.15, 0.2) is 0 Å². The summed E-state index contributed by atoms with van der Waals surface area (Å²) in [7, 11) is 0. The number of hydrogen-bond donors (Lipinski definition) is 1. The van der Waals surface area contributed by atoms with E-state index in [0.717, 1.165) is 12.0 Å². The number of hydrogen-bond acceptors (Lipinski definition) is 4. The van der Waals surface area contributed by atoms with E-state index in [-0.39, 0.29) is 11.8 Å². The second-order valence-electron chi connectivity index (χ2n) is 6.75. The third-order valence-corrected chi connectivity index (χ3v) is 5.80. The fraction of sp³-hybridized carbons (Fsp3) is 0.227. The average molecular weight is 391 g/mol. The lowest BCUT2D eigenvalue weighted by Gasteiger charge is -2.23. The first-order valence-corrected chi connectivity index (χ1v) is 10.2. The number of carbonyl (C=O) groups is 2. The molecule has 6 heteroatoms. The molecule has 2 aromatic carbocycles. The Balaban J connectivity index is 1.37. The molecule has 1 aromatic heterocycles. The van der Waals surface area contributed by atoms with Crippen molar-refractivity contribution in [3.8, 4) is 0 Å². The van der Waals surface area contributed by atoms with E-state index in [2.05, 4.69) is 27.9 Å². The van der Waals surface area contributed by atoms with Gasteiger partial charge in [0.1, 0.15) is 5.71 Å². The van der Waals surface area contributed by atoms with Crippen molar-refractivity contribution in [3.05, 3.63) is 71.1 Å². The van der Waals surface area contributed by atoms with Crippen LogP contribution in [0.3, 0.4) is 0 Å². The zero-order valence-electron chi connectivity index (χ0n) is 15.4. The number of nitrogens with one attached hydrogen (secondary N) is 1. The first-order valence-electron chi connectivity index (χ1n) is 9.36.